The van der Waals surface area contributed by atoms with E-state index in [1.165, 1.54) is 0 Å². The van der Waals surface area contributed by atoms with Crippen LogP contribution in [0, 0.1) is 12.7 Å². The van der Waals surface area contributed by atoms with E-state index in [1.54, 1.807) is 19.3 Å². The number of rotatable bonds is 5. The van der Waals surface area contributed by atoms with Gasteiger partial charge in [-0.25, -0.2) is 9.37 Å². The molecule has 0 fully saturated rings. The first-order valence-corrected chi connectivity index (χ1v) is 6.13. The molecule has 0 aliphatic heterocycles. The molecular formula is C14H18FN3. The smallest absolute Gasteiger partial charge is 0.126 e. The molecule has 0 aliphatic carbocycles. The predicted octanol–water partition coefficient (Wildman–Crippen LogP) is 2.75. The SMILES string of the molecule is Cc1ccc(C(C)NCCc2cnc[nH]2)cc1F. The Kier molecular flexibility index (Phi) is 4.10. The Morgan fingerprint density at radius 2 is 2.28 bits per heavy atom. The van der Waals surface area contributed by atoms with Crippen molar-refractivity contribution in [1.82, 2.24) is 15.3 Å². The Morgan fingerprint density at radius 3 is 2.94 bits per heavy atom. The highest BCUT2D eigenvalue weighted by molar-refractivity contribution is 5.25. The van der Waals surface area contributed by atoms with Crippen LogP contribution in [0.25, 0.3) is 0 Å². The maximum atomic E-state index is 13.4. The van der Waals surface area contributed by atoms with Gasteiger partial charge in [-0.2, -0.15) is 0 Å². The molecule has 2 N–H and O–H groups in total. The third-order valence-electron chi connectivity index (χ3n) is 3.10. The number of aromatic amines is 1. The molecule has 0 spiro atoms. The van der Waals surface area contributed by atoms with Crippen LogP contribution in [0.1, 0.15) is 29.8 Å². The topological polar surface area (TPSA) is 40.7 Å². The van der Waals surface area contributed by atoms with E-state index in [2.05, 4.69) is 15.3 Å². The highest BCUT2D eigenvalue weighted by atomic mass is 19.1. The Balaban J connectivity index is 1.87. The van der Waals surface area contributed by atoms with Gasteiger partial charge >= 0.3 is 0 Å². The third kappa shape index (κ3) is 3.17. The van der Waals surface area contributed by atoms with Gasteiger partial charge < -0.3 is 10.3 Å². The van der Waals surface area contributed by atoms with E-state index in [1.807, 2.05) is 25.3 Å². The van der Waals surface area contributed by atoms with Crippen molar-refractivity contribution in [2.24, 2.45) is 0 Å². The van der Waals surface area contributed by atoms with Crippen LogP contribution < -0.4 is 5.32 Å². The molecule has 2 rings (SSSR count). The predicted molar refractivity (Wildman–Crippen MR) is 69.8 cm³/mol. The number of nitrogens with zero attached hydrogens (tertiary/aromatic N) is 1. The number of aromatic nitrogens is 2. The summed E-state index contributed by atoms with van der Waals surface area (Å²) < 4.78 is 13.4. The monoisotopic (exact) mass is 247 g/mol. The van der Waals surface area contributed by atoms with Gasteiger partial charge in [-0.05, 0) is 31.0 Å². The van der Waals surface area contributed by atoms with E-state index < -0.39 is 0 Å². The van der Waals surface area contributed by atoms with E-state index in [-0.39, 0.29) is 11.9 Å². The fourth-order valence-electron chi connectivity index (χ4n) is 1.84. The maximum Gasteiger partial charge on any atom is 0.126 e. The minimum absolute atomic E-state index is 0.142. The van der Waals surface area contributed by atoms with Crippen molar-refractivity contribution < 1.29 is 4.39 Å². The van der Waals surface area contributed by atoms with Gasteiger partial charge in [0.05, 0.1) is 6.33 Å². The summed E-state index contributed by atoms with van der Waals surface area (Å²) in [5.74, 6) is -0.144. The second-order valence-electron chi connectivity index (χ2n) is 4.51. The second-order valence-corrected chi connectivity index (χ2v) is 4.51. The molecule has 2 aromatic rings. The normalized spacial score (nSPS) is 12.6. The molecule has 0 saturated carbocycles. The summed E-state index contributed by atoms with van der Waals surface area (Å²) in [6, 6.07) is 5.52. The molecule has 1 aromatic heterocycles. The molecule has 0 bridgehead atoms. The van der Waals surface area contributed by atoms with Crippen molar-refractivity contribution >= 4 is 0 Å². The molecule has 18 heavy (non-hydrogen) atoms. The summed E-state index contributed by atoms with van der Waals surface area (Å²) in [5.41, 5.74) is 2.76. The molecule has 3 nitrogen and oxygen atoms in total. The van der Waals surface area contributed by atoms with Gasteiger partial charge in [-0.15, -0.1) is 0 Å². The molecule has 0 aliphatic rings. The lowest BCUT2D eigenvalue weighted by Gasteiger charge is -2.14. The van der Waals surface area contributed by atoms with Crippen LogP contribution in [0.5, 0.6) is 0 Å². The van der Waals surface area contributed by atoms with Gasteiger partial charge in [0.25, 0.3) is 0 Å². The number of imidazole rings is 1. The summed E-state index contributed by atoms with van der Waals surface area (Å²) >= 11 is 0. The van der Waals surface area contributed by atoms with Gasteiger partial charge in [0, 0.05) is 30.9 Å². The summed E-state index contributed by atoms with van der Waals surface area (Å²) in [7, 11) is 0. The number of halogens is 1. The highest BCUT2D eigenvalue weighted by Gasteiger charge is 2.07. The van der Waals surface area contributed by atoms with Gasteiger partial charge in [0.2, 0.25) is 0 Å². The first kappa shape index (κ1) is 12.8. The third-order valence-corrected chi connectivity index (χ3v) is 3.10. The summed E-state index contributed by atoms with van der Waals surface area (Å²) in [6.45, 7) is 4.64. The first-order chi connectivity index (χ1) is 8.66. The molecule has 0 saturated heterocycles. The first-order valence-electron chi connectivity index (χ1n) is 6.13. The van der Waals surface area contributed by atoms with Gasteiger partial charge in [-0.1, -0.05) is 12.1 Å². The number of nitrogens with one attached hydrogen (secondary N) is 2. The van der Waals surface area contributed by atoms with Crippen LogP contribution in [0.4, 0.5) is 4.39 Å². The van der Waals surface area contributed by atoms with Crippen LogP contribution in [0.15, 0.2) is 30.7 Å². The number of benzene rings is 1. The minimum atomic E-state index is -0.144. The molecule has 1 aromatic carbocycles. The molecule has 0 amide bonds. The molecule has 4 heteroatoms. The van der Waals surface area contributed by atoms with E-state index in [0.717, 1.165) is 24.2 Å². The Labute approximate surface area is 106 Å². The molecule has 1 unspecified atom stereocenters. The second kappa shape index (κ2) is 5.78. The standard InChI is InChI=1S/C14H18FN3/c1-10-3-4-12(7-14(10)15)11(2)17-6-5-13-8-16-9-18-13/h3-4,7-9,11,17H,5-6H2,1-2H3,(H,16,18). The quantitative estimate of drug-likeness (QED) is 0.853. The summed E-state index contributed by atoms with van der Waals surface area (Å²) in [5, 5.41) is 3.37. The molecule has 1 heterocycles. The van der Waals surface area contributed by atoms with Gasteiger partial charge in [0.1, 0.15) is 5.82 Å². The summed E-state index contributed by atoms with van der Waals surface area (Å²) in [4.78, 5) is 7.02. The fraction of sp³-hybridized carbons (Fsp3) is 0.357. The lowest BCUT2D eigenvalue weighted by atomic mass is 10.1. The van der Waals surface area contributed by atoms with Crippen molar-refractivity contribution in [1.29, 1.82) is 0 Å². The van der Waals surface area contributed by atoms with E-state index >= 15 is 0 Å². The fourth-order valence-corrected chi connectivity index (χ4v) is 1.84. The zero-order chi connectivity index (χ0) is 13.0. The minimum Gasteiger partial charge on any atom is -0.348 e. The van der Waals surface area contributed by atoms with Crippen LogP contribution in [-0.2, 0) is 6.42 Å². The van der Waals surface area contributed by atoms with Crippen LogP contribution in [0.2, 0.25) is 0 Å². The zero-order valence-electron chi connectivity index (χ0n) is 10.7. The van der Waals surface area contributed by atoms with E-state index in [9.17, 15) is 4.39 Å². The average Bonchev–Trinajstić information content (AvgIpc) is 2.85. The van der Waals surface area contributed by atoms with Crippen LogP contribution >= 0.6 is 0 Å². The van der Waals surface area contributed by atoms with Crippen molar-refractivity contribution in [3.8, 4) is 0 Å². The highest BCUT2D eigenvalue weighted by Crippen LogP contribution is 2.16. The Morgan fingerprint density at radius 1 is 1.44 bits per heavy atom. The Bertz CT molecular complexity index is 494. The zero-order valence-corrected chi connectivity index (χ0v) is 10.7. The van der Waals surface area contributed by atoms with Crippen molar-refractivity contribution in [3.05, 3.63) is 53.4 Å². The van der Waals surface area contributed by atoms with Crippen molar-refractivity contribution in [2.45, 2.75) is 26.3 Å². The molecule has 0 radical (unpaired) electrons. The molecule has 96 valence electrons. The van der Waals surface area contributed by atoms with E-state index in [4.69, 9.17) is 0 Å². The lowest BCUT2D eigenvalue weighted by molar-refractivity contribution is 0.563. The van der Waals surface area contributed by atoms with E-state index in [0.29, 0.717) is 5.56 Å². The summed E-state index contributed by atoms with van der Waals surface area (Å²) in [6.07, 6.45) is 4.38. The number of hydrogen-bond acceptors (Lipinski definition) is 2. The number of H-pyrrole nitrogens is 1. The average molecular weight is 247 g/mol. The van der Waals surface area contributed by atoms with Gasteiger partial charge in [-0.3, -0.25) is 0 Å². The molecule has 1 atom stereocenters. The van der Waals surface area contributed by atoms with Crippen LogP contribution in [-0.4, -0.2) is 16.5 Å². The van der Waals surface area contributed by atoms with Gasteiger partial charge in [0.15, 0.2) is 0 Å². The van der Waals surface area contributed by atoms with Crippen molar-refractivity contribution in [2.75, 3.05) is 6.54 Å². The Hall–Kier alpha value is -1.68. The lowest BCUT2D eigenvalue weighted by Crippen LogP contribution is -2.21. The van der Waals surface area contributed by atoms with Crippen molar-refractivity contribution in [3.63, 3.8) is 0 Å². The number of hydrogen-bond donors (Lipinski definition) is 2. The maximum absolute atomic E-state index is 13.4. The largest absolute Gasteiger partial charge is 0.348 e. The molecular weight excluding hydrogens is 229 g/mol. The number of aryl methyl sites for hydroxylation is 1. The van der Waals surface area contributed by atoms with Crippen LogP contribution in [0.3, 0.4) is 0 Å².